The lowest BCUT2D eigenvalue weighted by Crippen LogP contribution is -1.87. The number of aliphatic hydroxyl groups is 1. The Kier molecular flexibility index (Phi) is 4.30. The first-order chi connectivity index (χ1) is 6.36. The molecule has 0 saturated heterocycles. The van der Waals surface area contributed by atoms with Gasteiger partial charge in [-0.3, -0.25) is 0 Å². The van der Waals surface area contributed by atoms with Crippen molar-refractivity contribution in [2.45, 2.75) is 11.3 Å². The van der Waals surface area contributed by atoms with Crippen LogP contribution in [0.5, 0.6) is 0 Å². The molecule has 0 unspecified atom stereocenters. The molecule has 13 heavy (non-hydrogen) atoms. The van der Waals surface area contributed by atoms with Crippen molar-refractivity contribution in [1.29, 1.82) is 5.26 Å². The van der Waals surface area contributed by atoms with Crippen molar-refractivity contribution >= 4 is 11.8 Å². The van der Waals surface area contributed by atoms with Crippen LogP contribution < -0.4 is 0 Å². The number of aromatic nitrogens is 1. The molecule has 0 aliphatic rings. The molecule has 0 bridgehead atoms. The van der Waals surface area contributed by atoms with E-state index in [4.69, 9.17) is 10.4 Å². The summed E-state index contributed by atoms with van der Waals surface area (Å²) < 4.78 is 0. The molecule has 1 rings (SSSR count). The van der Waals surface area contributed by atoms with Gasteiger partial charge in [0.05, 0.1) is 0 Å². The zero-order valence-electron chi connectivity index (χ0n) is 7.10. The van der Waals surface area contributed by atoms with Gasteiger partial charge in [0.15, 0.2) is 0 Å². The van der Waals surface area contributed by atoms with Gasteiger partial charge in [-0.15, -0.1) is 11.8 Å². The number of rotatable bonds is 4. The topological polar surface area (TPSA) is 56.9 Å². The van der Waals surface area contributed by atoms with Gasteiger partial charge >= 0.3 is 0 Å². The zero-order valence-corrected chi connectivity index (χ0v) is 7.92. The van der Waals surface area contributed by atoms with Gasteiger partial charge in [-0.05, 0) is 18.6 Å². The van der Waals surface area contributed by atoms with E-state index in [1.807, 2.05) is 12.1 Å². The van der Waals surface area contributed by atoms with E-state index >= 15 is 0 Å². The molecule has 0 aliphatic carbocycles. The Morgan fingerprint density at radius 2 is 2.46 bits per heavy atom. The first-order valence-electron chi connectivity index (χ1n) is 3.96. The van der Waals surface area contributed by atoms with Crippen molar-refractivity contribution in [2.75, 3.05) is 12.4 Å². The molecule has 0 spiro atoms. The second kappa shape index (κ2) is 5.57. The number of hydrogen-bond acceptors (Lipinski definition) is 4. The average Bonchev–Trinajstić information content (AvgIpc) is 2.19. The largest absolute Gasteiger partial charge is 0.396 e. The van der Waals surface area contributed by atoms with Crippen LogP contribution in [0.3, 0.4) is 0 Å². The first-order valence-corrected chi connectivity index (χ1v) is 4.95. The fourth-order valence-electron chi connectivity index (χ4n) is 0.817. The molecule has 1 N–H and O–H groups in total. The van der Waals surface area contributed by atoms with Crippen molar-refractivity contribution in [2.24, 2.45) is 0 Å². The van der Waals surface area contributed by atoms with Crippen LogP contribution in [0.1, 0.15) is 12.1 Å². The van der Waals surface area contributed by atoms with E-state index in [-0.39, 0.29) is 6.61 Å². The van der Waals surface area contributed by atoms with Gasteiger partial charge in [-0.1, -0.05) is 0 Å². The monoisotopic (exact) mass is 194 g/mol. The van der Waals surface area contributed by atoms with Crippen LogP contribution in [0.2, 0.25) is 0 Å². The summed E-state index contributed by atoms with van der Waals surface area (Å²) in [4.78, 5) is 4.89. The molecule has 1 aromatic heterocycles. The molecule has 1 heterocycles. The zero-order chi connectivity index (χ0) is 9.52. The third-order valence-corrected chi connectivity index (χ3v) is 2.50. The Morgan fingerprint density at radius 3 is 3.15 bits per heavy atom. The third kappa shape index (κ3) is 3.45. The van der Waals surface area contributed by atoms with Crippen LogP contribution in [0.15, 0.2) is 23.2 Å². The Morgan fingerprint density at radius 1 is 1.62 bits per heavy atom. The maximum absolute atomic E-state index is 8.57. The summed E-state index contributed by atoms with van der Waals surface area (Å²) in [5, 5.41) is 17.1. The third-order valence-electron chi connectivity index (χ3n) is 1.42. The molecular weight excluding hydrogens is 184 g/mol. The molecule has 4 heteroatoms. The Hall–Kier alpha value is -1.05. The lowest BCUT2D eigenvalue weighted by Gasteiger charge is -1.99. The summed E-state index contributed by atoms with van der Waals surface area (Å²) in [5.41, 5.74) is 0.439. The quantitative estimate of drug-likeness (QED) is 0.582. The number of nitrogens with zero attached hydrogens (tertiary/aromatic N) is 2. The number of hydrogen-bond donors (Lipinski definition) is 1. The Balaban J connectivity index is 2.52. The number of aliphatic hydroxyl groups excluding tert-OH is 1. The van der Waals surface area contributed by atoms with E-state index in [1.54, 1.807) is 24.0 Å². The minimum atomic E-state index is 0.211. The maximum Gasteiger partial charge on any atom is 0.141 e. The summed E-state index contributed by atoms with van der Waals surface area (Å²) in [6.45, 7) is 0.211. The summed E-state index contributed by atoms with van der Waals surface area (Å²) >= 11 is 1.62. The predicted molar refractivity (Wildman–Crippen MR) is 51.4 cm³/mol. The molecule has 0 saturated carbocycles. The minimum Gasteiger partial charge on any atom is -0.396 e. The lowest BCUT2D eigenvalue weighted by atomic mass is 10.4. The van der Waals surface area contributed by atoms with Crippen molar-refractivity contribution in [1.82, 2.24) is 4.98 Å². The van der Waals surface area contributed by atoms with Gasteiger partial charge < -0.3 is 5.11 Å². The van der Waals surface area contributed by atoms with Crippen LogP contribution >= 0.6 is 11.8 Å². The van der Waals surface area contributed by atoms with E-state index in [0.29, 0.717) is 5.69 Å². The fraction of sp³-hybridized carbons (Fsp3) is 0.333. The molecule has 0 amide bonds. The number of thioether (sulfide) groups is 1. The fourth-order valence-corrected chi connectivity index (χ4v) is 1.68. The highest BCUT2D eigenvalue weighted by Gasteiger charge is 1.96. The van der Waals surface area contributed by atoms with Crippen LogP contribution in [0.25, 0.3) is 0 Å². The highest BCUT2D eigenvalue weighted by atomic mass is 32.2. The van der Waals surface area contributed by atoms with E-state index in [9.17, 15) is 0 Å². The van der Waals surface area contributed by atoms with Gasteiger partial charge in [-0.2, -0.15) is 5.26 Å². The smallest absolute Gasteiger partial charge is 0.141 e. The van der Waals surface area contributed by atoms with E-state index < -0.39 is 0 Å². The molecule has 0 fully saturated rings. The van der Waals surface area contributed by atoms with Crippen molar-refractivity contribution in [3.8, 4) is 6.07 Å². The Bertz CT molecular complexity index is 309. The number of pyridine rings is 1. The summed E-state index contributed by atoms with van der Waals surface area (Å²) in [6, 6.07) is 5.60. The summed E-state index contributed by atoms with van der Waals surface area (Å²) in [7, 11) is 0. The normalized spacial score (nSPS) is 9.54. The minimum absolute atomic E-state index is 0.211. The molecule has 68 valence electrons. The van der Waals surface area contributed by atoms with E-state index in [1.165, 1.54) is 0 Å². The average molecular weight is 194 g/mol. The highest BCUT2D eigenvalue weighted by Crippen LogP contribution is 2.18. The second-order valence-corrected chi connectivity index (χ2v) is 3.58. The summed E-state index contributed by atoms with van der Waals surface area (Å²) in [6.07, 6.45) is 2.40. The van der Waals surface area contributed by atoms with Crippen LogP contribution in [0, 0.1) is 11.3 Å². The van der Waals surface area contributed by atoms with E-state index in [2.05, 4.69) is 4.98 Å². The SMILES string of the molecule is N#Cc1cc(SCCCO)ccn1. The maximum atomic E-state index is 8.57. The van der Waals surface area contributed by atoms with Crippen LogP contribution in [-0.4, -0.2) is 22.5 Å². The van der Waals surface area contributed by atoms with Gasteiger partial charge in [-0.25, -0.2) is 4.98 Å². The molecule has 1 aromatic rings. The standard InChI is InChI=1S/C9H10N2OS/c10-7-8-6-9(2-3-11-8)13-5-1-4-12/h2-3,6,12H,1,4-5H2. The van der Waals surface area contributed by atoms with Gasteiger partial charge in [0.2, 0.25) is 0 Å². The predicted octanol–water partition coefficient (Wildman–Crippen LogP) is 1.43. The molecule has 0 radical (unpaired) electrons. The molecular formula is C9H10N2OS. The molecule has 3 nitrogen and oxygen atoms in total. The lowest BCUT2D eigenvalue weighted by molar-refractivity contribution is 0.296. The highest BCUT2D eigenvalue weighted by molar-refractivity contribution is 7.99. The van der Waals surface area contributed by atoms with E-state index in [0.717, 1.165) is 17.1 Å². The van der Waals surface area contributed by atoms with Gasteiger partial charge in [0.1, 0.15) is 11.8 Å². The summed E-state index contributed by atoms with van der Waals surface area (Å²) in [5.74, 6) is 0.866. The van der Waals surface area contributed by atoms with Crippen LogP contribution in [0.4, 0.5) is 0 Å². The molecule has 0 atom stereocenters. The van der Waals surface area contributed by atoms with Crippen molar-refractivity contribution < 1.29 is 5.11 Å². The molecule has 0 aromatic carbocycles. The van der Waals surface area contributed by atoms with Gasteiger partial charge in [0.25, 0.3) is 0 Å². The van der Waals surface area contributed by atoms with Crippen LogP contribution in [-0.2, 0) is 0 Å². The first kappa shape index (κ1) is 10.0. The molecule has 0 aliphatic heterocycles. The van der Waals surface area contributed by atoms with Gasteiger partial charge in [0, 0.05) is 23.5 Å². The Labute approximate surface area is 81.4 Å². The second-order valence-electron chi connectivity index (χ2n) is 2.41. The number of nitriles is 1. The van der Waals surface area contributed by atoms with Crippen molar-refractivity contribution in [3.63, 3.8) is 0 Å². The van der Waals surface area contributed by atoms with Crippen molar-refractivity contribution in [3.05, 3.63) is 24.0 Å².